The first-order valence-corrected chi connectivity index (χ1v) is 6.42. The number of phenolic OH excluding ortho intramolecular Hbond substituents is 1. The van der Waals surface area contributed by atoms with Crippen molar-refractivity contribution in [3.8, 4) is 5.75 Å². The maximum atomic E-state index is 12.0. The molecule has 98 valence electrons. The van der Waals surface area contributed by atoms with Gasteiger partial charge in [-0.25, -0.2) is 0 Å². The number of aromatic hydroxyl groups is 1. The first-order chi connectivity index (χ1) is 8.97. The Morgan fingerprint density at radius 2 is 2.00 bits per heavy atom. The van der Waals surface area contributed by atoms with Gasteiger partial charge in [0.15, 0.2) is 0 Å². The van der Waals surface area contributed by atoms with E-state index in [1.807, 2.05) is 0 Å². The third kappa shape index (κ3) is 3.06. The lowest BCUT2D eigenvalue weighted by molar-refractivity contribution is 0.102. The van der Waals surface area contributed by atoms with E-state index in [1.165, 1.54) is 6.07 Å². The molecule has 0 aliphatic rings. The molecule has 2 rings (SSSR count). The summed E-state index contributed by atoms with van der Waals surface area (Å²) in [6.45, 7) is 1.79. The lowest BCUT2D eigenvalue weighted by Crippen LogP contribution is -2.12. The molecule has 0 fully saturated rings. The van der Waals surface area contributed by atoms with Crippen molar-refractivity contribution in [2.75, 3.05) is 11.1 Å². The van der Waals surface area contributed by atoms with Crippen molar-refractivity contribution in [2.45, 2.75) is 6.92 Å². The van der Waals surface area contributed by atoms with Crippen molar-refractivity contribution in [3.05, 3.63) is 52.0 Å². The number of anilines is 2. The summed E-state index contributed by atoms with van der Waals surface area (Å²) < 4.78 is 0.747. The fraction of sp³-hybridized carbons (Fsp3) is 0.0714. The van der Waals surface area contributed by atoms with Crippen molar-refractivity contribution in [3.63, 3.8) is 0 Å². The Bertz CT molecular complexity index is 641. The van der Waals surface area contributed by atoms with Gasteiger partial charge in [0.05, 0.1) is 0 Å². The second kappa shape index (κ2) is 5.32. The second-order valence-corrected chi connectivity index (χ2v) is 5.05. The summed E-state index contributed by atoms with van der Waals surface area (Å²) in [7, 11) is 0. The molecule has 0 aliphatic heterocycles. The number of amides is 1. The summed E-state index contributed by atoms with van der Waals surface area (Å²) in [6.07, 6.45) is 0. The van der Waals surface area contributed by atoms with Gasteiger partial charge in [0.1, 0.15) is 5.75 Å². The van der Waals surface area contributed by atoms with Crippen LogP contribution in [0.5, 0.6) is 5.75 Å². The highest BCUT2D eigenvalue weighted by Crippen LogP contribution is 2.23. The highest BCUT2D eigenvalue weighted by Gasteiger charge is 2.08. The van der Waals surface area contributed by atoms with E-state index in [1.54, 1.807) is 37.3 Å². The fourth-order valence-electron chi connectivity index (χ4n) is 1.58. The van der Waals surface area contributed by atoms with Crippen LogP contribution in [0, 0.1) is 6.92 Å². The van der Waals surface area contributed by atoms with Gasteiger partial charge in [0.2, 0.25) is 0 Å². The van der Waals surface area contributed by atoms with E-state index in [0.717, 1.165) is 10.0 Å². The third-order valence-corrected chi connectivity index (χ3v) is 3.45. The average molecular weight is 321 g/mol. The Kier molecular flexibility index (Phi) is 3.76. The number of phenols is 1. The first kappa shape index (κ1) is 13.4. The van der Waals surface area contributed by atoms with Crippen LogP contribution in [0.25, 0.3) is 0 Å². The molecule has 2 aromatic rings. The minimum Gasteiger partial charge on any atom is -0.508 e. The van der Waals surface area contributed by atoms with E-state index in [0.29, 0.717) is 16.9 Å². The smallest absolute Gasteiger partial charge is 0.255 e. The topological polar surface area (TPSA) is 75.4 Å². The minimum atomic E-state index is -0.276. The van der Waals surface area contributed by atoms with Gasteiger partial charge < -0.3 is 16.2 Å². The minimum absolute atomic E-state index is 0.146. The standard InChI is InChI=1S/C14H13BrN2O2/c1-8-2-4-10(7-13(8)18)17-14(19)9-3-5-11(15)12(16)6-9/h2-7,18H,16H2,1H3,(H,17,19). The Labute approximate surface area is 119 Å². The summed E-state index contributed by atoms with van der Waals surface area (Å²) in [4.78, 5) is 12.0. The van der Waals surface area contributed by atoms with Crippen LogP contribution in [-0.2, 0) is 0 Å². The van der Waals surface area contributed by atoms with Crippen molar-refractivity contribution in [1.29, 1.82) is 0 Å². The van der Waals surface area contributed by atoms with E-state index in [4.69, 9.17) is 5.73 Å². The summed E-state index contributed by atoms with van der Waals surface area (Å²) in [6, 6.07) is 9.96. The fourth-order valence-corrected chi connectivity index (χ4v) is 1.82. The van der Waals surface area contributed by atoms with E-state index < -0.39 is 0 Å². The summed E-state index contributed by atoms with van der Waals surface area (Å²) >= 11 is 3.27. The second-order valence-electron chi connectivity index (χ2n) is 4.19. The Balaban J connectivity index is 2.20. The number of halogens is 1. The number of aryl methyl sites for hydroxylation is 1. The molecule has 2 aromatic carbocycles. The number of rotatable bonds is 2. The first-order valence-electron chi connectivity index (χ1n) is 5.63. The van der Waals surface area contributed by atoms with Gasteiger partial charge in [-0.05, 0) is 52.7 Å². The van der Waals surface area contributed by atoms with Gasteiger partial charge in [0, 0.05) is 27.5 Å². The number of nitrogens with one attached hydrogen (secondary N) is 1. The van der Waals surface area contributed by atoms with Crippen LogP contribution in [0.3, 0.4) is 0 Å². The molecular formula is C14H13BrN2O2. The van der Waals surface area contributed by atoms with Gasteiger partial charge in [-0.1, -0.05) is 6.07 Å². The normalized spacial score (nSPS) is 10.2. The van der Waals surface area contributed by atoms with Crippen LogP contribution in [0.2, 0.25) is 0 Å². The summed E-state index contributed by atoms with van der Waals surface area (Å²) in [5, 5.41) is 12.3. The van der Waals surface area contributed by atoms with Crippen LogP contribution >= 0.6 is 15.9 Å². The predicted molar refractivity (Wildman–Crippen MR) is 79.4 cm³/mol. The van der Waals surface area contributed by atoms with Gasteiger partial charge in [-0.2, -0.15) is 0 Å². The van der Waals surface area contributed by atoms with Crippen LogP contribution in [0.15, 0.2) is 40.9 Å². The van der Waals surface area contributed by atoms with Crippen molar-refractivity contribution in [2.24, 2.45) is 0 Å². The number of hydrogen-bond donors (Lipinski definition) is 3. The van der Waals surface area contributed by atoms with Crippen LogP contribution in [-0.4, -0.2) is 11.0 Å². The van der Waals surface area contributed by atoms with E-state index in [-0.39, 0.29) is 11.7 Å². The third-order valence-electron chi connectivity index (χ3n) is 2.73. The van der Waals surface area contributed by atoms with Gasteiger partial charge in [-0.3, -0.25) is 4.79 Å². The molecule has 0 atom stereocenters. The Morgan fingerprint density at radius 3 is 2.63 bits per heavy atom. The van der Waals surface area contributed by atoms with E-state index in [2.05, 4.69) is 21.2 Å². The average Bonchev–Trinajstić information content (AvgIpc) is 2.37. The predicted octanol–water partition coefficient (Wildman–Crippen LogP) is 3.30. The summed E-state index contributed by atoms with van der Waals surface area (Å²) in [5.74, 6) is -0.129. The molecule has 19 heavy (non-hydrogen) atoms. The largest absolute Gasteiger partial charge is 0.508 e. The zero-order valence-corrected chi connectivity index (χ0v) is 11.9. The van der Waals surface area contributed by atoms with Crippen molar-refractivity contribution < 1.29 is 9.90 Å². The molecule has 0 heterocycles. The molecule has 1 amide bonds. The van der Waals surface area contributed by atoms with Crippen molar-refractivity contribution >= 4 is 33.2 Å². The number of carbonyl (C=O) groups is 1. The molecule has 0 saturated heterocycles. The Morgan fingerprint density at radius 1 is 1.26 bits per heavy atom. The highest BCUT2D eigenvalue weighted by atomic mass is 79.9. The molecule has 4 nitrogen and oxygen atoms in total. The number of benzene rings is 2. The molecule has 0 bridgehead atoms. The lowest BCUT2D eigenvalue weighted by Gasteiger charge is -2.08. The Hall–Kier alpha value is -2.01. The number of nitrogen functional groups attached to an aromatic ring is 1. The molecule has 0 unspecified atom stereocenters. The molecule has 0 radical (unpaired) electrons. The van der Waals surface area contributed by atoms with E-state index >= 15 is 0 Å². The number of nitrogens with two attached hydrogens (primary N) is 1. The molecule has 0 spiro atoms. The maximum Gasteiger partial charge on any atom is 0.255 e. The van der Waals surface area contributed by atoms with Crippen LogP contribution in [0.1, 0.15) is 15.9 Å². The molecule has 0 aliphatic carbocycles. The van der Waals surface area contributed by atoms with Crippen LogP contribution in [0.4, 0.5) is 11.4 Å². The zero-order chi connectivity index (χ0) is 14.0. The summed E-state index contributed by atoms with van der Waals surface area (Å²) in [5.41, 5.74) is 7.98. The SMILES string of the molecule is Cc1ccc(NC(=O)c2ccc(Br)c(N)c2)cc1O. The monoisotopic (exact) mass is 320 g/mol. The molecule has 5 heteroatoms. The van der Waals surface area contributed by atoms with Gasteiger partial charge in [-0.15, -0.1) is 0 Å². The number of hydrogen-bond acceptors (Lipinski definition) is 3. The molecule has 0 saturated carbocycles. The lowest BCUT2D eigenvalue weighted by atomic mass is 10.1. The number of carbonyl (C=O) groups excluding carboxylic acids is 1. The quantitative estimate of drug-likeness (QED) is 0.743. The zero-order valence-electron chi connectivity index (χ0n) is 10.3. The molecular weight excluding hydrogens is 308 g/mol. The molecule has 0 aromatic heterocycles. The van der Waals surface area contributed by atoms with E-state index in [9.17, 15) is 9.90 Å². The van der Waals surface area contributed by atoms with Gasteiger partial charge in [0.25, 0.3) is 5.91 Å². The van der Waals surface area contributed by atoms with Gasteiger partial charge >= 0.3 is 0 Å². The van der Waals surface area contributed by atoms with Crippen LogP contribution < -0.4 is 11.1 Å². The highest BCUT2D eigenvalue weighted by molar-refractivity contribution is 9.10. The van der Waals surface area contributed by atoms with Crippen molar-refractivity contribution in [1.82, 2.24) is 0 Å². The maximum absolute atomic E-state index is 12.0. The molecule has 4 N–H and O–H groups in total.